The third kappa shape index (κ3) is 4.51. The summed E-state index contributed by atoms with van der Waals surface area (Å²) in [5.74, 6) is 0.754. The Morgan fingerprint density at radius 3 is 2.93 bits per heavy atom. The number of rotatable bonds is 4. The van der Waals surface area contributed by atoms with Gasteiger partial charge in [0.05, 0.1) is 0 Å². The predicted molar refractivity (Wildman–Crippen MR) is 61.6 cm³/mol. The van der Waals surface area contributed by atoms with Crippen LogP contribution in [0.15, 0.2) is 0 Å². The standard InChI is InChI=1S/C11H23N3O/c1-13-11(15)14-10-6-2-4-9(8-10)5-3-7-12/h9-10H,2-8,12H2,1H3,(H2,13,14,15). The van der Waals surface area contributed by atoms with Gasteiger partial charge in [0.25, 0.3) is 0 Å². The Morgan fingerprint density at radius 2 is 2.27 bits per heavy atom. The monoisotopic (exact) mass is 213 g/mol. The molecule has 0 aliphatic heterocycles. The van der Waals surface area contributed by atoms with E-state index in [0.717, 1.165) is 31.7 Å². The molecule has 4 nitrogen and oxygen atoms in total. The molecule has 88 valence electrons. The van der Waals surface area contributed by atoms with Crippen molar-refractivity contribution in [1.82, 2.24) is 10.6 Å². The topological polar surface area (TPSA) is 67.2 Å². The lowest BCUT2D eigenvalue weighted by atomic mass is 9.83. The van der Waals surface area contributed by atoms with Crippen molar-refractivity contribution in [2.24, 2.45) is 11.7 Å². The average molecular weight is 213 g/mol. The van der Waals surface area contributed by atoms with Gasteiger partial charge in [-0.15, -0.1) is 0 Å². The summed E-state index contributed by atoms with van der Waals surface area (Å²) in [6, 6.07) is 0.306. The number of carbonyl (C=O) groups excluding carboxylic acids is 1. The molecular weight excluding hydrogens is 190 g/mol. The molecule has 0 heterocycles. The minimum Gasteiger partial charge on any atom is -0.341 e. The average Bonchev–Trinajstić information content (AvgIpc) is 2.26. The van der Waals surface area contributed by atoms with Gasteiger partial charge in [0.1, 0.15) is 0 Å². The third-order valence-corrected chi connectivity index (χ3v) is 3.16. The fourth-order valence-corrected chi connectivity index (χ4v) is 2.35. The van der Waals surface area contributed by atoms with Crippen LogP contribution in [0.2, 0.25) is 0 Å². The van der Waals surface area contributed by atoms with E-state index in [1.165, 1.54) is 19.3 Å². The third-order valence-electron chi connectivity index (χ3n) is 3.16. The van der Waals surface area contributed by atoms with Gasteiger partial charge < -0.3 is 16.4 Å². The van der Waals surface area contributed by atoms with Gasteiger partial charge in [-0.3, -0.25) is 0 Å². The van der Waals surface area contributed by atoms with Gasteiger partial charge in [-0.05, 0) is 38.1 Å². The molecule has 1 fully saturated rings. The molecule has 2 atom stereocenters. The van der Waals surface area contributed by atoms with Crippen LogP contribution < -0.4 is 16.4 Å². The first-order valence-electron chi connectivity index (χ1n) is 5.94. The molecule has 1 aliphatic rings. The van der Waals surface area contributed by atoms with Crippen molar-refractivity contribution < 1.29 is 4.79 Å². The Bertz CT molecular complexity index is 196. The second-order valence-electron chi connectivity index (χ2n) is 4.38. The van der Waals surface area contributed by atoms with E-state index in [2.05, 4.69) is 10.6 Å². The molecule has 1 rings (SSSR count). The second kappa shape index (κ2) is 6.67. The van der Waals surface area contributed by atoms with Crippen molar-refractivity contribution in [1.29, 1.82) is 0 Å². The fraction of sp³-hybridized carbons (Fsp3) is 0.909. The number of nitrogens with two attached hydrogens (primary N) is 1. The van der Waals surface area contributed by atoms with Gasteiger partial charge in [0.15, 0.2) is 0 Å². The smallest absolute Gasteiger partial charge is 0.314 e. The van der Waals surface area contributed by atoms with Crippen LogP contribution in [0.3, 0.4) is 0 Å². The van der Waals surface area contributed by atoms with E-state index in [4.69, 9.17) is 5.73 Å². The minimum atomic E-state index is -0.0560. The van der Waals surface area contributed by atoms with E-state index in [-0.39, 0.29) is 6.03 Å². The van der Waals surface area contributed by atoms with Crippen molar-refractivity contribution in [3.05, 3.63) is 0 Å². The largest absolute Gasteiger partial charge is 0.341 e. The van der Waals surface area contributed by atoms with Gasteiger partial charge in [0, 0.05) is 13.1 Å². The lowest BCUT2D eigenvalue weighted by Gasteiger charge is -2.29. The SMILES string of the molecule is CNC(=O)NC1CCCC(CCCN)C1. The Balaban J connectivity index is 2.25. The fourth-order valence-electron chi connectivity index (χ4n) is 2.35. The van der Waals surface area contributed by atoms with E-state index in [1.807, 2.05) is 0 Å². The highest BCUT2D eigenvalue weighted by Gasteiger charge is 2.22. The summed E-state index contributed by atoms with van der Waals surface area (Å²) >= 11 is 0. The Kier molecular flexibility index (Phi) is 5.47. The molecule has 0 bridgehead atoms. The molecule has 0 saturated heterocycles. The Hall–Kier alpha value is -0.770. The first-order chi connectivity index (χ1) is 7.26. The number of nitrogens with one attached hydrogen (secondary N) is 2. The summed E-state index contributed by atoms with van der Waals surface area (Å²) in [6.45, 7) is 0.782. The van der Waals surface area contributed by atoms with Crippen LogP contribution in [-0.4, -0.2) is 25.7 Å². The van der Waals surface area contributed by atoms with E-state index in [9.17, 15) is 4.79 Å². The lowest BCUT2D eigenvalue weighted by molar-refractivity contribution is 0.225. The molecule has 0 radical (unpaired) electrons. The molecule has 0 aromatic rings. The molecule has 0 spiro atoms. The summed E-state index contributed by atoms with van der Waals surface area (Å²) in [5, 5.41) is 5.59. The van der Waals surface area contributed by atoms with Crippen LogP contribution in [-0.2, 0) is 0 Å². The Morgan fingerprint density at radius 1 is 1.47 bits per heavy atom. The van der Waals surface area contributed by atoms with Crippen LogP contribution in [0, 0.1) is 5.92 Å². The molecule has 4 heteroatoms. The van der Waals surface area contributed by atoms with Crippen molar-refractivity contribution in [2.45, 2.75) is 44.6 Å². The van der Waals surface area contributed by atoms with E-state index in [0.29, 0.717) is 6.04 Å². The van der Waals surface area contributed by atoms with E-state index >= 15 is 0 Å². The number of carbonyl (C=O) groups is 1. The molecule has 0 aromatic carbocycles. The zero-order valence-electron chi connectivity index (χ0n) is 9.59. The van der Waals surface area contributed by atoms with Crippen molar-refractivity contribution >= 4 is 6.03 Å². The first kappa shape index (κ1) is 12.3. The minimum absolute atomic E-state index is 0.0560. The summed E-state index contributed by atoms with van der Waals surface area (Å²) in [6.07, 6.45) is 7.08. The maximum Gasteiger partial charge on any atom is 0.314 e. The summed E-state index contributed by atoms with van der Waals surface area (Å²) < 4.78 is 0. The van der Waals surface area contributed by atoms with Crippen LogP contribution >= 0.6 is 0 Å². The molecule has 2 unspecified atom stereocenters. The van der Waals surface area contributed by atoms with E-state index in [1.54, 1.807) is 7.05 Å². The van der Waals surface area contributed by atoms with Crippen molar-refractivity contribution in [3.8, 4) is 0 Å². The molecule has 1 saturated carbocycles. The second-order valence-corrected chi connectivity index (χ2v) is 4.38. The van der Waals surface area contributed by atoms with E-state index < -0.39 is 0 Å². The lowest BCUT2D eigenvalue weighted by Crippen LogP contribution is -2.42. The first-order valence-corrected chi connectivity index (χ1v) is 5.94. The van der Waals surface area contributed by atoms with Gasteiger partial charge in [0.2, 0.25) is 0 Å². The van der Waals surface area contributed by atoms with Crippen LogP contribution in [0.25, 0.3) is 0 Å². The zero-order chi connectivity index (χ0) is 11.1. The highest BCUT2D eigenvalue weighted by molar-refractivity contribution is 5.73. The van der Waals surface area contributed by atoms with Gasteiger partial charge >= 0.3 is 6.03 Å². The highest BCUT2D eigenvalue weighted by atomic mass is 16.2. The van der Waals surface area contributed by atoms with Gasteiger partial charge in [-0.1, -0.05) is 12.8 Å². The normalized spacial score (nSPS) is 26.0. The molecule has 0 aromatic heterocycles. The quantitative estimate of drug-likeness (QED) is 0.657. The molecule has 2 amide bonds. The summed E-state index contributed by atoms with van der Waals surface area (Å²) in [5.41, 5.74) is 5.50. The highest BCUT2D eigenvalue weighted by Crippen LogP contribution is 2.27. The molecule has 15 heavy (non-hydrogen) atoms. The number of hydrogen-bond acceptors (Lipinski definition) is 2. The zero-order valence-corrected chi connectivity index (χ0v) is 9.59. The maximum atomic E-state index is 11.2. The molecule has 1 aliphatic carbocycles. The van der Waals surface area contributed by atoms with Crippen molar-refractivity contribution in [2.75, 3.05) is 13.6 Å². The number of urea groups is 1. The summed E-state index contributed by atoms with van der Waals surface area (Å²) in [7, 11) is 1.66. The molecular formula is C11H23N3O. The van der Waals surface area contributed by atoms with Gasteiger partial charge in [-0.25, -0.2) is 4.79 Å². The van der Waals surface area contributed by atoms with Crippen LogP contribution in [0.1, 0.15) is 38.5 Å². The van der Waals surface area contributed by atoms with Gasteiger partial charge in [-0.2, -0.15) is 0 Å². The van der Waals surface area contributed by atoms with Crippen molar-refractivity contribution in [3.63, 3.8) is 0 Å². The van der Waals surface area contributed by atoms with Crippen LogP contribution in [0.4, 0.5) is 4.79 Å². The number of hydrogen-bond donors (Lipinski definition) is 3. The number of amides is 2. The van der Waals surface area contributed by atoms with Crippen LogP contribution in [0.5, 0.6) is 0 Å². The summed E-state index contributed by atoms with van der Waals surface area (Å²) in [4.78, 5) is 11.2. The molecule has 4 N–H and O–H groups in total. The Labute approximate surface area is 92.0 Å². The maximum absolute atomic E-state index is 11.2. The predicted octanol–water partition coefficient (Wildman–Crippen LogP) is 1.21.